The largest absolute Gasteiger partial charge is 0.357 e. The van der Waals surface area contributed by atoms with Gasteiger partial charge in [0, 0.05) is 30.7 Å². The molecule has 1 N–H and O–H groups in total. The summed E-state index contributed by atoms with van der Waals surface area (Å²) in [5.74, 6) is -0.0290. The average molecular weight is 374 g/mol. The van der Waals surface area contributed by atoms with E-state index in [1.165, 1.54) is 17.0 Å². The summed E-state index contributed by atoms with van der Waals surface area (Å²) in [4.78, 5) is 27.4. The number of halogens is 1. The summed E-state index contributed by atoms with van der Waals surface area (Å²) in [6, 6.07) is 15.2. The number of benzene rings is 2. The summed E-state index contributed by atoms with van der Waals surface area (Å²) in [5.41, 5.74) is 0.784. The van der Waals surface area contributed by atoms with Gasteiger partial charge in [-0.2, -0.15) is 0 Å². The normalized spacial score (nSPS) is 11.7. The van der Waals surface area contributed by atoms with Gasteiger partial charge in [-0.25, -0.2) is 4.39 Å². The standard InChI is InChI=1S/C20H23FN2O2S/c1-15(20(25)22-2)23(14-16-8-10-17(21)11-9-16)19(24)12-13-26-18-6-4-3-5-7-18/h3-11,15H,12-14H2,1-2H3,(H,22,25)/t15-/m1/s1. The van der Waals surface area contributed by atoms with Crippen LogP contribution in [0.4, 0.5) is 4.39 Å². The maximum atomic E-state index is 13.1. The highest BCUT2D eigenvalue weighted by atomic mass is 32.2. The molecule has 0 aliphatic carbocycles. The predicted octanol–water partition coefficient (Wildman–Crippen LogP) is 3.47. The van der Waals surface area contributed by atoms with Crippen molar-refractivity contribution in [2.45, 2.75) is 30.8 Å². The highest BCUT2D eigenvalue weighted by molar-refractivity contribution is 7.99. The van der Waals surface area contributed by atoms with E-state index in [1.807, 2.05) is 30.3 Å². The molecule has 0 aliphatic rings. The molecule has 6 heteroatoms. The molecule has 2 aromatic rings. The number of nitrogens with one attached hydrogen (secondary N) is 1. The molecule has 0 unspecified atom stereocenters. The Hall–Kier alpha value is -2.34. The number of rotatable bonds is 8. The summed E-state index contributed by atoms with van der Waals surface area (Å²) in [6.45, 7) is 1.97. The zero-order chi connectivity index (χ0) is 18.9. The number of amides is 2. The van der Waals surface area contributed by atoms with Gasteiger partial charge in [-0.15, -0.1) is 11.8 Å². The Morgan fingerprint density at radius 3 is 2.38 bits per heavy atom. The van der Waals surface area contributed by atoms with Crippen LogP contribution in [0.15, 0.2) is 59.5 Å². The first-order valence-corrected chi connectivity index (χ1v) is 9.43. The van der Waals surface area contributed by atoms with E-state index in [-0.39, 0.29) is 24.2 Å². The first-order valence-electron chi connectivity index (χ1n) is 8.44. The Kier molecular flexibility index (Phi) is 7.66. The molecule has 1 atom stereocenters. The first-order chi connectivity index (χ1) is 12.5. The second-order valence-corrected chi connectivity index (χ2v) is 7.02. The minimum atomic E-state index is -0.598. The topological polar surface area (TPSA) is 49.4 Å². The van der Waals surface area contributed by atoms with Crippen LogP contribution in [-0.2, 0) is 16.1 Å². The second kappa shape index (κ2) is 9.97. The minimum absolute atomic E-state index is 0.103. The van der Waals surface area contributed by atoms with Crippen LogP contribution < -0.4 is 5.32 Å². The van der Waals surface area contributed by atoms with Crippen molar-refractivity contribution in [2.24, 2.45) is 0 Å². The van der Waals surface area contributed by atoms with E-state index in [0.717, 1.165) is 10.5 Å². The summed E-state index contributed by atoms with van der Waals surface area (Å²) in [7, 11) is 1.55. The molecule has 0 aromatic heterocycles. The number of carbonyl (C=O) groups is 2. The molecule has 0 fully saturated rings. The molecule has 138 valence electrons. The SMILES string of the molecule is CNC(=O)[C@@H](C)N(Cc1ccc(F)cc1)C(=O)CCSc1ccccc1. The molecule has 2 rings (SSSR count). The second-order valence-electron chi connectivity index (χ2n) is 5.85. The van der Waals surface area contributed by atoms with Gasteiger partial charge < -0.3 is 10.2 Å². The number of thioether (sulfide) groups is 1. The Morgan fingerprint density at radius 1 is 1.12 bits per heavy atom. The van der Waals surface area contributed by atoms with Gasteiger partial charge in [-0.05, 0) is 36.8 Å². The Bertz CT molecular complexity index is 722. The number of likely N-dealkylation sites (N-methyl/N-ethyl adjacent to an activating group) is 1. The fraction of sp³-hybridized carbons (Fsp3) is 0.300. The molecule has 2 aromatic carbocycles. The molecular weight excluding hydrogens is 351 g/mol. The molecular formula is C20H23FN2O2S. The molecule has 0 spiro atoms. The lowest BCUT2D eigenvalue weighted by atomic mass is 10.1. The van der Waals surface area contributed by atoms with Crippen molar-refractivity contribution in [3.63, 3.8) is 0 Å². The van der Waals surface area contributed by atoms with Gasteiger partial charge in [0.05, 0.1) is 0 Å². The van der Waals surface area contributed by atoms with E-state index in [0.29, 0.717) is 12.2 Å². The molecule has 0 radical (unpaired) electrons. The number of carbonyl (C=O) groups excluding carboxylic acids is 2. The maximum absolute atomic E-state index is 13.1. The fourth-order valence-corrected chi connectivity index (χ4v) is 3.36. The lowest BCUT2D eigenvalue weighted by Gasteiger charge is -2.28. The monoisotopic (exact) mass is 374 g/mol. The molecule has 4 nitrogen and oxygen atoms in total. The summed E-state index contributed by atoms with van der Waals surface area (Å²) in [6.07, 6.45) is 0.322. The van der Waals surface area contributed by atoms with Gasteiger partial charge in [0.15, 0.2) is 0 Å². The van der Waals surface area contributed by atoms with Crippen molar-refractivity contribution in [1.82, 2.24) is 10.2 Å². The van der Waals surface area contributed by atoms with Crippen LogP contribution in [0.3, 0.4) is 0 Å². The van der Waals surface area contributed by atoms with Crippen LogP contribution in [0.5, 0.6) is 0 Å². The van der Waals surface area contributed by atoms with E-state index in [4.69, 9.17) is 0 Å². The lowest BCUT2D eigenvalue weighted by Crippen LogP contribution is -2.46. The Balaban J connectivity index is 2.02. The van der Waals surface area contributed by atoms with E-state index in [2.05, 4.69) is 5.32 Å². The molecule has 0 saturated heterocycles. The quantitative estimate of drug-likeness (QED) is 0.720. The van der Waals surface area contributed by atoms with Crippen molar-refractivity contribution in [3.8, 4) is 0 Å². The van der Waals surface area contributed by atoms with Gasteiger partial charge in [0.1, 0.15) is 11.9 Å². The van der Waals surface area contributed by atoms with Crippen LogP contribution in [0.1, 0.15) is 18.9 Å². The van der Waals surface area contributed by atoms with Crippen LogP contribution in [0.25, 0.3) is 0 Å². The molecule has 2 amide bonds. The Labute approximate surface area is 157 Å². The molecule has 26 heavy (non-hydrogen) atoms. The third kappa shape index (κ3) is 5.88. The average Bonchev–Trinajstić information content (AvgIpc) is 2.67. The van der Waals surface area contributed by atoms with Gasteiger partial charge in [-0.3, -0.25) is 9.59 Å². The van der Waals surface area contributed by atoms with E-state index in [9.17, 15) is 14.0 Å². The zero-order valence-electron chi connectivity index (χ0n) is 14.9. The van der Waals surface area contributed by atoms with Crippen molar-refractivity contribution in [3.05, 3.63) is 66.0 Å². The van der Waals surface area contributed by atoms with Crippen molar-refractivity contribution >= 4 is 23.6 Å². The molecule has 0 saturated carbocycles. The fourth-order valence-electron chi connectivity index (χ4n) is 2.49. The van der Waals surface area contributed by atoms with Crippen molar-refractivity contribution in [1.29, 1.82) is 0 Å². The number of hydrogen-bond donors (Lipinski definition) is 1. The smallest absolute Gasteiger partial charge is 0.242 e. The summed E-state index contributed by atoms with van der Waals surface area (Å²) >= 11 is 1.60. The number of hydrogen-bond acceptors (Lipinski definition) is 3. The van der Waals surface area contributed by atoms with Gasteiger partial charge in [0.25, 0.3) is 0 Å². The van der Waals surface area contributed by atoms with Crippen LogP contribution in [-0.4, -0.2) is 35.6 Å². The number of nitrogens with zero attached hydrogens (tertiary/aromatic N) is 1. The highest BCUT2D eigenvalue weighted by Gasteiger charge is 2.25. The Morgan fingerprint density at radius 2 is 1.77 bits per heavy atom. The minimum Gasteiger partial charge on any atom is -0.357 e. The van der Waals surface area contributed by atoms with E-state index < -0.39 is 6.04 Å². The van der Waals surface area contributed by atoms with Crippen LogP contribution >= 0.6 is 11.8 Å². The van der Waals surface area contributed by atoms with Crippen LogP contribution in [0, 0.1) is 5.82 Å². The van der Waals surface area contributed by atoms with Crippen LogP contribution in [0.2, 0.25) is 0 Å². The molecule has 0 bridgehead atoms. The third-order valence-electron chi connectivity index (χ3n) is 4.01. The molecule has 0 heterocycles. The van der Waals surface area contributed by atoms with Gasteiger partial charge in [-0.1, -0.05) is 30.3 Å². The highest BCUT2D eigenvalue weighted by Crippen LogP contribution is 2.19. The predicted molar refractivity (Wildman–Crippen MR) is 102 cm³/mol. The summed E-state index contributed by atoms with van der Waals surface area (Å²) < 4.78 is 13.1. The maximum Gasteiger partial charge on any atom is 0.242 e. The van der Waals surface area contributed by atoms with E-state index >= 15 is 0 Å². The molecule has 0 aliphatic heterocycles. The zero-order valence-corrected chi connectivity index (χ0v) is 15.8. The van der Waals surface area contributed by atoms with E-state index in [1.54, 1.807) is 37.9 Å². The third-order valence-corrected chi connectivity index (χ3v) is 5.02. The van der Waals surface area contributed by atoms with Gasteiger partial charge >= 0.3 is 0 Å². The lowest BCUT2D eigenvalue weighted by molar-refractivity contribution is -0.140. The first kappa shape index (κ1) is 20.0. The van der Waals surface area contributed by atoms with Crippen molar-refractivity contribution < 1.29 is 14.0 Å². The summed E-state index contributed by atoms with van der Waals surface area (Å²) in [5, 5.41) is 2.58. The van der Waals surface area contributed by atoms with Crippen molar-refractivity contribution in [2.75, 3.05) is 12.8 Å². The van der Waals surface area contributed by atoms with Gasteiger partial charge in [0.2, 0.25) is 11.8 Å².